The third-order valence-electron chi connectivity index (χ3n) is 2.58. The van der Waals surface area contributed by atoms with Crippen molar-refractivity contribution in [3.05, 3.63) is 39.1 Å². The SMILES string of the molecule is CCOC(=O)c1nc(-c2ccc(Br)cc2F)sc1C(C)=O. The normalized spacial score (nSPS) is 10.5. The van der Waals surface area contributed by atoms with E-state index in [1.165, 1.54) is 19.1 Å². The van der Waals surface area contributed by atoms with Crippen LogP contribution >= 0.6 is 27.3 Å². The molecule has 0 fully saturated rings. The Morgan fingerprint density at radius 1 is 1.43 bits per heavy atom. The number of ether oxygens (including phenoxy) is 1. The lowest BCUT2D eigenvalue weighted by molar-refractivity contribution is 0.0517. The zero-order valence-electron chi connectivity index (χ0n) is 11.3. The molecule has 0 bridgehead atoms. The summed E-state index contributed by atoms with van der Waals surface area (Å²) in [6.07, 6.45) is 0. The van der Waals surface area contributed by atoms with Crippen LogP contribution in [0.2, 0.25) is 0 Å². The lowest BCUT2D eigenvalue weighted by Gasteiger charge is -1.99. The summed E-state index contributed by atoms with van der Waals surface area (Å²) >= 11 is 4.15. The Kier molecular flexibility index (Phi) is 4.84. The molecule has 0 unspecified atom stereocenters. The van der Waals surface area contributed by atoms with E-state index < -0.39 is 11.8 Å². The van der Waals surface area contributed by atoms with Crippen molar-refractivity contribution in [1.82, 2.24) is 4.98 Å². The van der Waals surface area contributed by atoms with E-state index in [1.54, 1.807) is 13.0 Å². The summed E-state index contributed by atoms with van der Waals surface area (Å²) in [5, 5.41) is 0.272. The molecular formula is C14H11BrFNO3S. The lowest BCUT2D eigenvalue weighted by Crippen LogP contribution is -2.09. The molecule has 0 aliphatic heterocycles. The van der Waals surface area contributed by atoms with Crippen molar-refractivity contribution in [2.45, 2.75) is 13.8 Å². The maximum atomic E-state index is 14.0. The predicted molar refractivity (Wildman–Crippen MR) is 81.2 cm³/mol. The molecule has 1 heterocycles. The molecule has 0 aliphatic rings. The van der Waals surface area contributed by atoms with Gasteiger partial charge in [-0.15, -0.1) is 11.3 Å². The zero-order valence-corrected chi connectivity index (χ0v) is 13.7. The third kappa shape index (κ3) is 3.36. The highest BCUT2D eigenvalue weighted by Gasteiger charge is 2.23. The summed E-state index contributed by atoms with van der Waals surface area (Å²) in [5.41, 5.74) is 0.174. The van der Waals surface area contributed by atoms with Gasteiger partial charge in [-0.25, -0.2) is 14.2 Å². The van der Waals surface area contributed by atoms with Crippen molar-refractivity contribution in [3.63, 3.8) is 0 Å². The van der Waals surface area contributed by atoms with E-state index >= 15 is 0 Å². The number of hydrogen-bond acceptors (Lipinski definition) is 5. The maximum absolute atomic E-state index is 14.0. The topological polar surface area (TPSA) is 56.3 Å². The van der Waals surface area contributed by atoms with Gasteiger partial charge in [-0.05, 0) is 25.1 Å². The molecular weight excluding hydrogens is 361 g/mol. The third-order valence-corrected chi connectivity index (χ3v) is 4.26. The highest BCUT2D eigenvalue weighted by atomic mass is 79.9. The first-order valence-corrected chi connectivity index (χ1v) is 7.69. The first kappa shape index (κ1) is 15.8. The van der Waals surface area contributed by atoms with Crippen molar-refractivity contribution < 1.29 is 18.7 Å². The number of thiazole rings is 1. The van der Waals surface area contributed by atoms with Crippen molar-refractivity contribution in [1.29, 1.82) is 0 Å². The molecule has 110 valence electrons. The van der Waals surface area contributed by atoms with Crippen LogP contribution in [0.5, 0.6) is 0 Å². The molecule has 4 nitrogen and oxygen atoms in total. The molecule has 1 aromatic carbocycles. The number of nitrogens with zero attached hydrogens (tertiary/aromatic N) is 1. The highest BCUT2D eigenvalue weighted by molar-refractivity contribution is 9.10. The molecule has 21 heavy (non-hydrogen) atoms. The standard InChI is InChI=1S/C14H11BrFNO3S/c1-3-20-14(19)11-12(7(2)18)21-13(17-11)9-5-4-8(15)6-10(9)16/h4-6H,3H2,1-2H3. The van der Waals surface area contributed by atoms with E-state index in [9.17, 15) is 14.0 Å². The molecule has 0 spiro atoms. The van der Waals surface area contributed by atoms with Crippen LogP contribution in [0.3, 0.4) is 0 Å². The van der Waals surface area contributed by atoms with Crippen molar-refractivity contribution in [2.75, 3.05) is 6.61 Å². The van der Waals surface area contributed by atoms with E-state index in [2.05, 4.69) is 20.9 Å². The molecule has 0 aliphatic carbocycles. The van der Waals surface area contributed by atoms with Crippen LogP contribution in [0.1, 0.15) is 34.0 Å². The minimum Gasteiger partial charge on any atom is -0.461 e. The van der Waals surface area contributed by atoms with Crippen LogP contribution < -0.4 is 0 Å². The van der Waals surface area contributed by atoms with Gasteiger partial charge in [0.05, 0.1) is 6.61 Å². The Morgan fingerprint density at radius 3 is 2.71 bits per heavy atom. The van der Waals surface area contributed by atoms with Gasteiger partial charge in [-0.2, -0.15) is 0 Å². The summed E-state index contributed by atoms with van der Waals surface area (Å²) in [6, 6.07) is 4.50. The van der Waals surface area contributed by atoms with Gasteiger partial charge < -0.3 is 4.74 Å². The summed E-state index contributed by atoms with van der Waals surface area (Å²) in [4.78, 5) is 27.7. The monoisotopic (exact) mass is 371 g/mol. The average Bonchev–Trinajstić information content (AvgIpc) is 2.84. The molecule has 0 saturated heterocycles. The number of hydrogen-bond donors (Lipinski definition) is 0. The maximum Gasteiger partial charge on any atom is 0.358 e. The number of benzene rings is 1. The van der Waals surface area contributed by atoms with Gasteiger partial charge in [-0.1, -0.05) is 15.9 Å². The van der Waals surface area contributed by atoms with E-state index in [4.69, 9.17) is 4.74 Å². The van der Waals surface area contributed by atoms with Crippen molar-refractivity contribution in [3.8, 4) is 10.6 Å². The molecule has 1 aromatic heterocycles. The van der Waals surface area contributed by atoms with Gasteiger partial charge >= 0.3 is 5.97 Å². The second-order valence-corrected chi connectivity index (χ2v) is 6.01. The first-order valence-electron chi connectivity index (χ1n) is 6.08. The number of esters is 1. The second-order valence-electron chi connectivity index (χ2n) is 4.10. The van der Waals surface area contributed by atoms with Gasteiger partial charge in [0.1, 0.15) is 15.7 Å². The fourth-order valence-corrected chi connectivity index (χ4v) is 2.98. The minimum absolute atomic E-state index is 0.0633. The van der Waals surface area contributed by atoms with E-state index in [0.717, 1.165) is 11.3 Å². The quantitative estimate of drug-likeness (QED) is 0.599. The van der Waals surface area contributed by atoms with Gasteiger partial charge in [0.15, 0.2) is 11.5 Å². The number of carbonyl (C=O) groups excluding carboxylic acids is 2. The van der Waals surface area contributed by atoms with E-state index in [-0.39, 0.29) is 33.5 Å². The lowest BCUT2D eigenvalue weighted by atomic mass is 10.2. The Hall–Kier alpha value is -1.60. The summed E-state index contributed by atoms with van der Waals surface area (Å²) in [6.45, 7) is 3.17. The van der Waals surface area contributed by atoms with Gasteiger partial charge in [-0.3, -0.25) is 4.79 Å². The highest BCUT2D eigenvalue weighted by Crippen LogP contribution is 2.32. The number of carbonyl (C=O) groups is 2. The van der Waals surface area contributed by atoms with Crippen molar-refractivity contribution in [2.24, 2.45) is 0 Å². The number of rotatable bonds is 4. The number of halogens is 2. The van der Waals surface area contributed by atoms with E-state index in [0.29, 0.717) is 4.47 Å². The van der Waals surface area contributed by atoms with Crippen LogP contribution in [0.15, 0.2) is 22.7 Å². The summed E-state index contributed by atoms with van der Waals surface area (Å²) < 4.78 is 19.4. The largest absolute Gasteiger partial charge is 0.461 e. The molecule has 0 saturated carbocycles. The molecule has 0 N–H and O–H groups in total. The van der Waals surface area contributed by atoms with Crippen LogP contribution in [-0.4, -0.2) is 23.3 Å². The van der Waals surface area contributed by atoms with Gasteiger partial charge in [0, 0.05) is 17.0 Å². The summed E-state index contributed by atoms with van der Waals surface area (Å²) in [7, 11) is 0. The van der Waals surface area contributed by atoms with Crippen LogP contribution in [-0.2, 0) is 4.74 Å². The smallest absolute Gasteiger partial charge is 0.358 e. The van der Waals surface area contributed by atoms with Gasteiger partial charge in [0.2, 0.25) is 0 Å². The fraction of sp³-hybridized carbons (Fsp3) is 0.214. The Balaban J connectivity index is 2.53. The number of Topliss-reactive ketones (excluding diaryl/α,β-unsaturated/α-hetero) is 1. The number of aromatic nitrogens is 1. The first-order chi connectivity index (χ1) is 9.93. The van der Waals surface area contributed by atoms with Crippen LogP contribution in [0.25, 0.3) is 10.6 Å². The Morgan fingerprint density at radius 2 is 2.14 bits per heavy atom. The average molecular weight is 372 g/mol. The van der Waals surface area contributed by atoms with Crippen LogP contribution in [0, 0.1) is 5.82 Å². The molecule has 7 heteroatoms. The predicted octanol–water partition coefficient (Wildman–Crippen LogP) is 4.09. The Bertz CT molecular complexity index is 714. The summed E-state index contributed by atoms with van der Waals surface area (Å²) in [5.74, 6) is -1.47. The molecule has 0 radical (unpaired) electrons. The fourth-order valence-electron chi connectivity index (χ4n) is 1.67. The molecule has 0 atom stereocenters. The molecule has 2 rings (SSSR count). The number of ketones is 1. The van der Waals surface area contributed by atoms with Crippen molar-refractivity contribution >= 4 is 39.0 Å². The molecule has 2 aromatic rings. The zero-order chi connectivity index (χ0) is 15.6. The van der Waals surface area contributed by atoms with Gasteiger partial charge in [0.25, 0.3) is 0 Å². The van der Waals surface area contributed by atoms with Crippen LogP contribution in [0.4, 0.5) is 4.39 Å². The second kappa shape index (κ2) is 6.44. The van der Waals surface area contributed by atoms with E-state index in [1.807, 2.05) is 0 Å². The Labute approximate surface area is 133 Å². The molecule has 0 amide bonds. The minimum atomic E-state index is -0.678.